The van der Waals surface area contributed by atoms with Crippen LogP contribution in [-0.4, -0.2) is 0 Å². The molecule has 0 aliphatic rings. The van der Waals surface area contributed by atoms with Gasteiger partial charge in [-0.2, -0.15) is 0 Å². The van der Waals surface area contributed by atoms with Gasteiger partial charge >= 0.3 is 0 Å². The van der Waals surface area contributed by atoms with E-state index in [1.807, 2.05) is 0 Å². The van der Waals surface area contributed by atoms with Gasteiger partial charge < -0.3 is 0 Å². The van der Waals surface area contributed by atoms with E-state index in [9.17, 15) is 0 Å². The third-order valence-electron chi connectivity index (χ3n) is 10.7. The third-order valence-corrected chi connectivity index (χ3v) is 10.7. The Kier molecular flexibility index (Phi) is 7.25. The fourth-order valence-corrected chi connectivity index (χ4v) is 8.12. The van der Waals surface area contributed by atoms with Gasteiger partial charge in [-0.15, -0.1) is 0 Å². The van der Waals surface area contributed by atoms with Crippen molar-refractivity contribution in [1.29, 1.82) is 0 Å². The average Bonchev–Trinajstić information content (AvgIpc) is 3.22. The highest BCUT2D eigenvalue weighted by Crippen LogP contribution is 2.44. The van der Waals surface area contributed by atoms with Gasteiger partial charge in [0, 0.05) is 0 Å². The summed E-state index contributed by atoms with van der Waals surface area (Å²) >= 11 is 0. The number of fused-ring (bicyclic) bond motifs is 4. The molecule has 0 saturated heterocycles. The van der Waals surface area contributed by atoms with E-state index in [1.54, 1.807) is 0 Å². The molecule has 0 heterocycles. The van der Waals surface area contributed by atoms with Crippen molar-refractivity contribution < 1.29 is 0 Å². The molecule has 52 heavy (non-hydrogen) atoms. The highest BCUT2D eigenvalue weighted by atomic mass is 14.2. The monoisotopic (exact) mass is 658 g/mol. The zero-order valence-corrected chi connectivity index (χ0v) is 28.6. The SMILES string of the molecule is c1cc(-c2ccc(-c3ccc4ccccc4c3)cc2)cc(-c2c3ccccc3c(-c3ccc(-c4cccc5ccccc45)cc3)c3ccccc23)c1. The first kappa shape index (κ1) is 30.1. The normalized spacial score (nSPS) is 11.5. The molecule has 0 aliphatic carbocycles. The van der Waals surface area contributed by atoms with Gasteiger partial charge in [-0.25, -0.2) is 0 Å². The van der Waals surface area contributed by atoms with Crippen molar-refractivity contribution in [3.63, 3.8) is 0 Å². The number of benzene rings is 10. The Balaban J connectivity index is 1.07. The van der Waals surface area contributed by atoms with Crippen molar-refractivity contribution >= 4 is 43.1 Å². The van der Waals surface area contributed by atoms with Gasteiger partial charge in [0.25, 0.3) is 0 Å². The van der Waals surface area contributed by atoms with Gasteiger partial charge in [-0.1, -0.05) is 194 Å². The van der Waals surface area contributed by atoms with Gasteiger partial charge in [-0.3, -0.25) is 0 Å². The third kappa shape index (κ3) is 5.16. The molecule has 0 fully saturated rings. The summed E-state index contributed by atoms with van der Waals surface area (Å²) in [5, 5.41) is 10.1. The van der Waals surface area contributed by atoms with E-state index < -0.39 is 0 Å². The second kappa shape index (κ2) is 12.5. The molecule has 0 aliphatic heterocycles. The minimum Gasteiger partial charge on any atom is -0.0616 e. The largest absolute Gasteiger partial charge is 0.0616 e. The van der Waals surface area contributed by atoms with Gasteiger partial charge in [0.05, 0.1) is 0 Å². The first-order chi connectivity index (χ1) is 25.8. The molecule has 0 aromatic heterocycles. The topological polar surface area (TPSA) is 0 Å². The van der Waals surface area contributed by atoms with Crippen LogP contribution in [0.3, 0.4) is 0 Å². The molecule has 0 N–H and O–H groups in total. The highest BCUT2D eigenvalue weighted by molar-refractivity contribution is 6.21. The summed E-state index contributed by atoms with van der Waals surface area (Å²) in [7, 11) is 0. The van der Waals surface area contributed by atoms with Gasteiger partial charge in [0.15, 0.2) is 0 Å². The lowest BCUT2D eigenvalue weighted by Gasteiger charge is -2.18. The standard InChI is InChI=1S/C52H34/c1-2-13-41-33-43(32-27-35(41)11-1)37-25-23-36(24-26-37)42-15-9-16-44(34-42)52-49-20-7-5-18-47(49)51(48-19-6-8-21-50(48)52)40-30-28-39(29-31-40)46-22-10-14-38-12-3-4-17-45(38)46/h1-34H. The van der Waals surface area contributed by atoms with Crippen molar-refractivity contribution in [2.75, 3.05) is 0 Å². The fraction of sp³-hybridized carbons (Fsp3) is 0. The summed E-state index contributed by atoms with van der Waals surface area (Å²) < 4.78 is 0. The van der Waals surface area contributed by atoms with E-state index >= 15 is 0 Å². The van der Waals surface area contributed by atoms with Crippen molar-refractivity contribution in [2.45, 2.75) is 0 Å². The first-order valence-corrected chi connectivity index (χ1v) is 18.0. The molecule has 10 aromatic rings. The van der Waals surface area contributed by atoms with E-state index in [-0.39, 0.29) is 0 Å². The van der Waals surface area contributed by atoms with E-state index in [2.05, 4.69) is 206 Å². The summed E-state index contributed by atoms with van der Waals surface area (Å²) in [6.45, 7) is 0. The molecule has 0 radical (unpaired) electrons. The highest BCUT2D eigenvalue weighted by Gasteiger charge is 2.17. The first-order valence-electron chi connectivity index (χ1n) is 18.0. The molecule has 10 aromatic carbocycles. The minimum atomic E-state index is 1.21. The zero-order valence-electron chi connectivity index (χ0n) is 28.6. The summed E-state index contributed by atoms with van der Waals surface area (Å²) in [6.07, 6.45) is 0. The molecule has 0 amide bonds. The van der Waals surface area contributed by atoms with E-state index in [0.717, 1.165) is 0 Å². The van der Waals surface area contributed by atoms with E-state index in [0.29, 0.717) is 0 Å². The molecule has 0 spiro atoms. The second-order valence-corrected chi connectivity index (χ2v) is 13.7. The van der Waals surface area contributed by atoms with Crippen LogP contribution >= 0.6 is 0 Å². The zero-order chi connectivity index (χ0) is 34.4. The predicted molar refractivity (Wildman–Crippen MR) is 224 cm³/mol. The molecule has 0 saturated carbocycles. The molecule has 0 unspecified atom stereocenters. The lowest BCUT2D eigenvalue weighted by Crippen LogP contribution is -1.91. The number of rotatable bonds is 5. The summed E-state index contributed by atoms with van der Waals surface area (Å²) in [4.78, 5) is 0. The molecular formula is C52H34. The Morgan fingerprint density at radius 2 is 0.615 bits per heavy atom. The quantitative estimate of drug-likeness (QED) is 0.161. The summed E-state index contributed by atoms with van der Waals surface area (Å²) in [5.74, 6) is 0. The van der Waals surface area contributed by atoms with Crippen LogP contribution in [-0.2, 0) is 0 Å². The Hall–Kier alpha value is -6.76. The summed E-state index contributed by atoms with van der Waals surface area (Å²) in [5.41, 5.74) is 12.4. The Labute approximate surface area is 303 Å². The van der Waals surface area contributed by atoms with Crippen LogP contribution in [0.15, 0.2) is 206 Å². The smallest absolute Gasteiger partial charge is 0.00262 e. The summed E-state index contributed by atoms with van der Waals surface area (Å²) in [6, 6.07) is 75.5. The second-order valence-electron chi connectivity index (χ2n) is 13.7. The molecular weight excluding hydrogens is 625 g/mol. The molecule has 0 bridgehead atoms. The van der Waals surface area contributed by atoms with Crippen LogP contribution in [0.4, 0.5) is 0 Å². The van der Waals surface area contributed by atoms with Crippen LogP contribution in [0.2, 0.25) is 0 Å². The van der Waals surface area contributed by atoms with Crippen LogP contribution in [0.5, 0.6) is 0 Å². The number of hydrogen-bond donors (Lipinski definition) is 0. The lowest BCUT2D eigenvalue weighted by molar-refractivity contribution is 1.59. The molecule has 10 rings (SSSR count). The van der Waals surface area contributed by atoms with E-state index in [1.165, 1.54) is 98.7 Å². The Morgan fingerprint density at radius 1 is 0.192 bits per heavy atom. The van der Waals surface area contributed by atoms with Gasteiger partial charge in [0.2, 0.25) is 0 Å². The van der Waals surface area contributed by atoms with Crippen LogP contribution in [0.25, 0.3) is 98.7 Å². The average molecular weight is 659 g/mol. The maximum absolute atomic E-state index is 2.36. The van der Waals surface area contributed by atoms with Crippen LogP contribution in [0, 0.1) is 0 Å². The maximum atomic E-state index is 2.36. The molecule has 0 heteroatoms. The molecule has 0 atom stereocenters. The van der Waals surface area contributed by atoms with Crippen molar-refractivity contribution in [3.8, 4) is 55.6 Å². The minimum absolute atomic E-state index is 1.21. The van der Waals surface area contributed by atoms with Gasteiger partial charge in [0.1, 0.15) is 0 Å². The Morgan fingerprint density at radius 3 is 1.27 bits per heavy atom. The predicted octanol–water partition coefficient (Wildman–Crippen LogP) is 14.6. The molecule has 242 valence electrons. The van der Waals surface area contributed by atoms with Crippen LogP contribution < -0.4 is 0 Å². The maximum Gasteiger partial charge on any atom is -0.00262 e. The Bertz CT molecular complexity index is 2870. The fourth-order valence-electron chi connectivity index (χ4n) is 8.12. The van der Waals surface area contributed by atoms with Gasteiger partial charge in [-0.05, 0) is 111 Å². The van der Waals surface area contributed by atoms with Crippen molar-refractivity contribution in [1.82, 2.24) is 0 Å². The molecule has 0 nitrogen and oxygen atoms in total. The van der Waals surface area contributed by atoms with Crippen molar-refractivity contribution in [3.05, 3.63) is 206 Å². The van der Waals surface area contributed by atoms with E-state index in [4.69, 9.17) is 0 Å². The number of hydrogen-bond acceptors (Lipinski definition) is 0. The van der Waals surface area contributed by atoms with Crippen LogP contribution in [0.1, 0.15) is 0 Å². The van der Waals surface area contributed by atoms with Crippen molar-refractivity contribution in [2.24, 2.45) is 0 Å². The lowest BCUT2D eigenvalue weighted by atomic mass is 9.85.